The summed E-state index contributed by atoms with van der Waals surface area (Å²) in [5.74, 6) is 0. The SMILES string of the molecule is CNCc1cn(Cc2ccccc2Br)nc1C. The van der Waals surface area contributed by atoms with Crippen LogP contribution in [0.2, 0.25) is 0 Å². The first-order valence-corrected chi connectivity index (χ1v) is 6.41. The summed E-state index contributed by atoms with van der Waals surface area (Å²) in [4.78, 5) is 0. The average molecular weight is 294 g/mol. The lowest BCUT2D eigenvalue weighted by Gasteiger charge is -2.04. The molecule has 0 amide bonds. The van der Waals surface area contributed by atoms with Crippen molar-refractivity contribution in [2.75, 3.05) is 7.05 Å². The van der Waals surface area contributed by atoms with E-state index in [4.69, 9.17) is 0 Å². The van der Waals surface area contributed by atoms with Crippen LogP contribution in [-0.2, 0) is 13.1 Å². The number of aromatic nitrogens is 2. The Balaban J connectivity index is 2.19. The van der Waals surface area contributed by atoms with Gasteiger partial charge in [-0.1, -0.05) is 34.1 Å². The largest absolute Gasteiger partial charge is 0.316 e. The van der Waals surface area contributed by atoms with Crippen LogP contribution in [0.3, 0.4) is 0 Å². The maximum atomic E-state index is 4.52. The van der Waals surface area contributed by atoms with Crippen molar-refractivity contribution in [1.82, 2.24) is 15.1 Å². The lowest BCUT2D eigenvalue weighted by Crippen LogP contribution is -2.05. The Kier molecular flexibility index (Phi) is 3.97. The minimum atomic E-state index is 0.798. The lowest BCUT2D eigenvalue weighted by atomic mass is 10.2. The summed E-state index contributed by atoms with van der Waals surface area (Å²) in [6.07, 6.45) is 2.10. The zero-order valence-electron chi connectivity index (χ0n) is 10.1. The van der Waals surface area contributed by atoms with Crippen LogP contribution in [0.15, 0.2) is 34.9 Å². The van der Waals surface area contributed by atoms with Gasteiger partial charge in [0.15, 0.2) is 0 Å². The molecule has 3 nitrogen and oxygen atoms in total. The predicted octanol–water partition coefficient (Wildman–Crippen LogP) is 2.72. The number of halogens is 1. The predicted molar refractivity (Wildman–Crippen MR) is 73.0 cm³/mol. The first-order chi connectivity index (χ1) is 8.20. The summed E-state index contributed by atoms with van der Waals surface area (Å²) >= 11 is 3.56. The topological polar surface area (TPSA) is 29.9 Å². The number of benzene rings is 1. The van der Waals surface area contributed by atoms with Gasteiger partial charge in [-0.05, 0) is 25.6 Å². The van der Waals surface area contributed by atoms with Crippen LogP contribution in [0.5, 0.6) is 0 Å². The minimum Gasteiger partial charge on any atom is -0.316 e. The molecule has 0 unspecified atom stereocenters. The summed E-state index contributed by atoms with van der Waals surface area (Å²) in [7, 11) is 1.95. The van der Waals surface area contributed by atoms with E-state index in [0.717, 1.165) is 23.3 Å². The van der Waals surface area contributed by atoms with Crippen LogP contribution in [-0.4, -0.2) is 16.8 Å². The number of hydrogen-bond donors (Lipinski definition) is 1. The van der Waals surface area contributed by atoms with E-state index in [-0.39, 0.29) is 0 Å². The van der Waals surface area contributed by atoms with Crippen LogP contribution in [0, 0.1) is 6.92 Å². The van der Waals surface area contributed by atoms with Crippen molar-refractivity contribution < 1.29 is 0 Å². The van der Waals surface area contributed by atoms with Gasteiger partial charge in [0.2, 0.25) is 0 Å². The lowest BCUT2D eigenvalue weighted by molar-refractivity contribution is 0.677. The van der Waals surface area contributed by atoms with Crippen LogP contribution < -0.4 is 5.32 Å². The van der Waals surface area contributed by atoms with Gasteiger partial charge in [-0.2, -0.15) is 5.10 Å². The van der Waals surface area contributed by atoms with Crippen LogP contribution >= 0.6 is 15.9 Å². The summed E-state index contributed by atoms with van der Waals surface area (Å²) in [6, 6.07) is 8.23. The monoisotopic (exact) mass is 293 g/mol. The van der Waals surface area contributed by atoms with Crippen molar-refractivity contribution in [2.45, 2.75) is 20.0 Å². The molecule has 0 radical (unpaired) electrons. The third kappa shape index (κ3) is 2.96. The van der Waals surface area contributed by atoms with Crippen LogP contribution in [0.25, 0.3) is 0 Å². The molecule has 2 rings (SSSR count). The van der Waals surface area contributed by atoms with Gasteiger partial charge >= 0.3 is 0 Å². The van der Waals surface area contributed by atoms with Gasteiger partial charge in [0.25, 0.3) is 0 Å². The molecule has 90 valence electrons. The molecule has 1 N–H and O–H groups in total. The Labute approximate surface area is 110 Å². The maximum absolute atomic E-state index is 4.52. The van der Waals surface area contributed by atoms with Crippen molar-refractivity contribution >= 4 is 15.9 Å². The Morgan fingerprint density at radius 3 is 2.76 bits per heavy atom. The number of nitrogens with one attached hydrogen (secondary N) is 1. The van der Waals surface area contributed by atoms with Gasteiger partial charge in [0.05, 0.1) is 12.2 Å². The Bertz CT molecular complexity index is 505. The summed E-state index contributed by atoms with van der Waals surface area (Å²) in [6.45, 7) is 3.71. The van der Waals surface area contributed by atoms with E-state index in [2.05, 4.69) is 44.7 Å². The molecular formula is C13H16BrN3. The zero-order chi connectivity index (χ0) is 12.3. The molecule has 1 aromatic heterocycles. The smallest absolute Gasteiger partial charge is 0.0670 e. The maximum Gasteiger partial charge on any atom is 0.0670 e. The van der Waals surface area contributed by atoms with Gasteiger partial charge in [-0.25, -0.2) is 0 Å². The fourth-order valence-corrected chi connectivity index (χ4v) is 2.22. The first kappa shape index (κ1) is 12.3. The second-order valence-corrected chi connectivity index (χ2v) is 4.91. The van der Waals surface area contributed by atoms with E-state index in [1.165, 1.54) is 11.1 Å². The molecule has 0 spiro atoms. The van der Waals surface area contributed by atoms with Gasteiger partial charge in [-0.15, -0.1) is 0 Å². The minimum absolute atomic E-state index is 0.798. The summed E-state index contributed by atoms with van der Waals surface area (Å²) in [5.41, 5.74) is 3.58. The molecule has 0 saturated carbocycles. The molecule has 0 aliphatic carbocycles. The van der Waals surface area contributed by atoms with Gasteiger partial charge in [0.1, 0.15) is 0 Å². The fourth-order valence-electron chi connectivity index (χ4n) is 1.81. The van der Waals surface area contributed by atoms with Crippen molar-refractivity contribution in [3.8, 4) is 0 Å². The number of nitrogens with zero attached hydrogens (tertiary/aromatic N) is 2. The molecule has 0 saturated heterocycles. The van der Waals surface area contributed by atoms with E-state index in [1.807, 2.05) is 30.8 Å². The van der Waals surface area contributed by atoms with E-state index in [9.17, 15) is 0 Å². The zero-order valence-corrected chi connectivity index (χ0v) is 11.7. The second-order valence-electron chi connectivity index (χ2n) is 4.06. The van der Waals surface area contributed by atoms with E-state index in [0.29, 0.717) is 0 Å². The molecule has 17 heavy (non-hydrogen) atoms. The van der Waals surface area contributed by atoms with Crippen molar-refractivity contribution in [3.05, 3.63) is 51.8 Å². The molecule has 1 heterocycles. The molecular weight excluding hydrogens is 278 g/mol. The van der Waals surface area contributed by atoms with E-state index in [1.54, 1.807) is 0 Å². The van der Waals surface area contributed by atoms with Crippen molar-refractivity contribution in [3.63, 3.8) is 0 Å². The molecule has 0 bridgehead atoms. The molecule has 0 aliphatic rings. The number of rotatable bonds is 4. The highest BCUT2D eigenvalue weighted by Gasteiger charge is 2.05. The fraction of sp³-hybridized carbons (Fsp3) is 0.308. The first-order valence-electron chi connectivity index (χ1n) is 5.61. The number of hydrogen-bond acceptors (Lipinski definition) is 2. The molecule has 0 aliphatic heterocycles. The Morgan fingerprint density at radius 2 is 2.06 bits per heavy atom. The molecule has 0 fully saturated rings. The normalized spacial score (nSPS) is 10.8. The van der Waals surface area contributed by atoms with Crippen molar-refractivity contribution in [2.24, 2.45) is 0 Å². The van der Waals surface area contributed by atoms with E-state index < -0.39 is 0 Å². The summed E-state index contributed by atoms with van der Waals surface area (Å²) in [5, 5.41) is 7.67. The van der Waals surface area contributed by atoms with Crippen LogP contribution in [0.4, 0.5) is 0 Å². The quantitative estimate of drug-likeness (QED) is 0.939. The van der Waals surface area contributed by atoms with E-state index >= 15 is 0 Å². The third-order valence-electron chi connectivity index (χ3n) is 2.71. The summed E-state index contributed by atoms with van der Waals surface area (Å²) < 4.78 is 3.12. The Hall–Kier alpha value is -1.13. The highest BCUT2D eigenvalue weighted by molar-refractivity contribution is 9.10. The second kappa shape index (κ2) is 5.47. The number of aryl methyl sites for hydroxylation is 1. The standard InChI is InChI=1S/C13H16BrN3/c1-10-12(7-15-2)9-17(16-10)8-11-5-3-4-6-13(11)14/h3-6,9,15H,7-8H2,1-2H3. The van der Waals surface area contributed by atoms with Crippen LogP contribution in [0.1, 0.15) is 16.8 Å². The average Bonchev–Trinajstić information content (AvgIpc) is 2.63. The van der Waals surface area contributed by atoms with Crippen molar-refractivity contribution in [1.29, 1.82) is 0 Å². The molecule has 1 aromatic carbocycles. The highest BCUT2D eigenvalue weighted by Crippen LogP contribution is 2.17. The molecule has 2 aromatic rings. The highest BCUT2D eigenvalue weighted by atomic mass is 79.9. The molecule has 4 heteroatoms. The van der Waals surface area contributed by atoms with Gasteiger partial charge < -0.3 is 5.32 Å². The third-order valence-corrected chi connectivity index (χ3v) is 3.48. The molecule has 0 atom stereocenters. The van der Waals surface area contributed by atoms with Gasteiger partial charge in [-0.3, -0.25) is 4.68 Å². The van der Waals surface area contributed by atoms with Gasteiger partial charge in [0, 0.05) is 22.8 Å². The Morgan fingerprint density at radius 1 is 1.29 bits per heavy atom.